The molecule has 3 rings (SSSR count). The van der Waals surface area contributed by atoms with Crippen molar-refractivity contribution in [3.05, 3.63) is 23.8 Å². The number of anilines is 1. The van der Waals surface area contributed by atoms with Gasteiger partial charge in [-0.1, -0.05) is 6.92 Å². The number of thioether (sulfide) groups is 1. The fourth-order valence-corrected chi connectivity index (χ4v) is 4.30. The lowest BCUT2D eigenvalue weighted by Gasteiger charge is -2.39. The predicted molar refractivity (Wildman–Crippen MR) is 92.7 cm³/mol. The van der Waals surface area contributed by atoms with Crippen LogP contribution in [0.15, 0.2) is 23.1 Å². The number of hydrogen-bond acceptors (Lipinski definition) is 4. The fourth-order valence-electron chi connectivity index (χ4n) is 3.37. The Morgan fingerprint density at radius 1 is 1.43 bits per heavy atom. The second-order valence-electron chi connectivity index (χ2n) is 6.38. The maximum Gasteiger partial charge on any atom is 0.254 e. The zero-order chi connectivity index (χ0) is 16.6. The molecule has 1 aromatic rings. The summed E-state index contributed by atoms with van der Waals surface area (Å²) in [6, 6.07) is 5.66. The van der Waals surface area contributed by atoms with Crippen LogP contribution in [0.5, 0.6) is 0 Å². The largest absolute Gasteiger partial charge is 0.334 e. The molecule has 1 fully saturated rings. The van der Waals surface area contributed by atoms with E-state index in [-0.39, 0.29) is 23.1 Å². The predicted octanol–water partition coefficient (Wildman–Crippen LogP) is 2.32. The molecule has 3 atom stereocenters. The SMILES string of the molecule is C[C@@H]1Sc2ccc(C(=O)N3CCC[C@H](C)[C@H]3CN)cc2NC1=O. The second-order valence-corrected chi connectivity index (χ2v) is 7.76. The summed E-state index contributed by atoms with van der Waals surface area (Å²) in [6.07, 6.45) is 2.12. The van der Waals surface area contributed by atoms with Gasteiger partial charge in [-0.2, -0.15) is 0 Å². The molecule has 2 aliphatic rings. The number of nitrogens with one attached hydrogen (secondary N) is 1. The molecule has 124 valence electrons. The Bertz CT molecular complexity index is 634. The number of carbonyl (C=O) groups excluding carboxylic acids is 2. The minimum atomic E-state index is -0.103. The molecule has 2 amide bonds. The molecular weight excluding hydrogens is 310 g/mol. The molecule has 1 saturated heterocycles. The molecule has 5 nitrogen and oxygen atoms in total. The van der Waals surface area contributed by atoms with E-state index in [0.29, 0.717) is 18.0 Å². The van der Waals surface area contributed by atoms with Gasteiger partial charge in [0.15, 0.2) is 0 Å². The molecule has 0 saturated carbocycles. The molecule has 0 radical (unpaired) electrons. The summed E-state index contributed by atoms with van der Waals surface area (Å²) in [6.45, 7) is 5.27. The Labute approximate surface area is 141 Å². The van der Waals surface area contributed by atoms with Gasteiger partial charge in [-0.05, 0) is 43.9 Å². The number of nitrogens with two attached hydrogens (primary N) is 1. The highest BCUT2D eigenvalue weighted by molar-refractivity contribution is 8.00. The van der Waals surface area contributed by atoms with Crippen molar-refractivity contribution in [2.24, 2.45) is 11.7 Å². The summed E-state index contributed by atoms with van der Waals surface area (Å²) < 4.78 is 0. The Balaban J connectivity index is 1.85. The summed E-state index contributed by atoms with van der Waals surface area (Å²) >= 11 is 1.52. The summed E-state index contributed by atoms with van der Waals surface area (Å²) in [4.78, 5) is 27.6. The van der Waals surface area contributed by atoms with E-state index >= 15 is 0 Å². The Hall–Kier alpha value is -1.53. The standard InChI is InChI=1S/C17H23N3O2S/c1-10-4-3-7-20(14(10)9-18)17(22)12-5-6-15-13(8-12)19-16(21)11(2)23-15/h5-6,8,10-11,14H,3-4,7,9,18H2,1-2H3,(H,19,21)/t10-,11-,14+/m0/s1. The van der Waals surface area contributed by atoms with E-state index in [2.05, 4.69) is 12.2 Å². The van der Waals surface area contributed by atoms with Gasteiger partial charge >= 0.3 is 0 Å². The molecule has 1 aromatic carbocycles. The normalized spacial score (nSPS) is 27.3. The van der Waals surface area contributed by atoms with Crippen molar-refractivity contribution in [1.29, 1.82) is 0 Å². The minimum Gasteiger partial charge on any atom is -0.334 e. The van der Waals surface area contributed by atoms with Gasteiger partial charge in [0.25, 0.3) is 5.91 Å². The van der Waals surface area contributed by atoms with Crippen molar-refractivity contribution in [3.8, 4) is 0 Å². The number of carbonyl (C=O) groups is 2. The van der Waals surface area contributed by atoms with Gasteiger partial charge in [0.05, 0.1) is 10.9 Å². The Morgan fingerprint density at radius 2 is 2.22 bits per heavy atom. The van der Waals surface area contributed by atoms with Gasteiger partial charge in [0, 0.05) is 29.6 Å². The van der Waals surface area contributed by atoms with Crippen LogP contribution < -0.4 is 11.1 Å². The lowest BCUT2D eigenvalue weighted by atomic mass is 9.90. The smallest absolute Gasteiger partial charge is 0.254 e. The number of piperidine rings is 1. The fraction of sp³-hybridized carbons (Fsp3) is 0.529. The van der Waals surface area contributed by atoms with E-state index in [1.54, 1.807) is 6.07 Å². The summed E-state index contributed by atoms with van der Waals surface area (Å²) in [5.74, 6) is 0.414. The Kier molecular flexibility index (Phi) is 4.64. The second kappa shape index (κ2) is 6.53. The van der Waals surface area contributed by atoms with E-state index < -0.39 is 0 Å². The van der Waals surface area contributed by atoms with Gasteiger partial charge in [-0.25, -0.2) is 0 Å². The van der Waals surface area contributed by atoms with E-state index in [1.807, 2.05) is 24.0 Å². The third kappa shape index (κ3) is 3.10. The highest BCUT2D eigenvalue weighted by Crippen LogP contribution is 2.36. The highest BCUT2D eigenvalue weighted by Gasteiger charge is 2.32. The van der Waals surface area contributed by atoms with Crippen LogP contribution in [0.3, 0.4) is 0 Å². The Morgan fingerprint density at radius 3 is 2.96 bits per heavy atom. The molecule has 0 aromatic heterocycles. The molecule has 3 N–H and O–H groups in total. The van der Waals surface area contributed by atoms with Crippen LogP contribution in [-0.2, 0) is 4.79 Å². The quantitative estimate of drug-likeness (QED) is 0.871. The number of rotatable bonds is 2. The molecule has 0 spiro atoms. The summed E-state index contributed by atoms with van der Waals surface area (Å²) in [5.41, 5.74) is 7.24. The van der Waals surface area contributed by atoms with E-state index in [1.165, 1.54) is 11.8 Å². The van der Waals surface area contributed by atoms with Crippen molar-refractivity contribution in [2.45, 2.75) is 42.9 Å². The van der Waals surface area contributed by atoms with Gasteiger partial charge in [-0.15, -0.1) is 11.8 Å². The van der Waals surface area contributed by atoms with Crippen LogP contribution >= 0.6 is 11.8 Å². The van der Waals surface area contributed by atoms with Crippen LogP contribution in [-0.4, -0.2) is 41.1 Å². The molecule has 6 heteroatoms. The zero-order valence-electron chi connectivity index (χ0n) is 13.5. The number of hydrogen-bond donors (Lipinski definition) is 2. The first-order chi connectivity index (χ1) is 11.0. The third-order valence-electron chi connectivity index (χ3n) is 4.78. The first kappa shape index (κ1) is 16.3. The molecule has 2 aliphatic heterocycles. The van der Waals surface area contributed by atoms with Crippen LogP contribution in [0.2, 0.25) is 0 Å². The van der Waals surface area contributed by atoms with Gasteiger partial charge in [-0.3, -0.25) is 9.59 Å². The molecule has 2 heterocycles. The number of benzene rings is 1. The van der Waals surface area contributed by atoms with Crippen LogP contribution in [0.25, 0.3) is 0 Å². The summed E-state index contributed by atoms with van der Waals surface area (Å²) in [5, 5.41) is 2.78. The van der Waals surface area contributed by atoms with Gasteiger partial charge < -0.3 is 16.0 Å². The highest BCUT2D eigenvalue weighted by atomic mass is 32.2. The average molecular weight is 333 g/mol. The van der Waals surface area contributed by atoms with Gasteiger partial charge in [0.1, 0.15) is 0 Å². The number of likely N-dealkylation sites (tertiary alicyclic amines) is 1. The minimum absolute atomic E-state index is 0.00710. The van der Waals surface area contributed by atoms with E-state index in [4.69, 9.17) is 5.73 Å². The van der Waals surface area contributed by atoms with E-state index in [9.17, 15) is 9.59 Å². The number of amides is 2. The zero-order valence-corrected chi connectivity index (χ0v) is 14.4. The monoisotopic (exact) mass is 333 g/mol. The third-order valence-corrected chi connectivity index (χ3v) is 5.95. The molecular formula is C17H23N3O2S. The average Bonchev–Trinajstić information content (AvgIpc) is 2.54. The molecule has 0 aliphatic carbocycles. The topological polar surface area (TPSA) is 75.4 Å². The first-order valence-electron chi connectivity index (χ1n) is 8.14. The maximum absolute atomic E-state index is 12.9. The number of fused-ring (bicyclic) bond motifs is 1. The van der Waals surface area contributed by atoms with Crippen LogP contribution in [0, 0.1) is 5.92 Å². The van der Waals surface area contributed by atoms with Crippen LogP contribution in [0.4, 0.5) is 5.69 Å². The molecule has 0 bridgehead atoms. The lowest BCUT2D eigenvalue weighted by Crippen LogP contribution is -2.51. The van der Waals surface area contributed by atoms with E-state index in [0.717, 1.165) is 30.0 Å². The summed E-state index contributed by atoms with van der Waals surface area (Å²) in [7, 11) is 0. The first-order valence-corrected chi connectivity index (χ1v) is 9.02. The van der Waals surface area contributed by atoms with Crippen molar-refractivity contribution < 1.29 is 9.59 Å². The van der Waals surface area contributed by atoms with Gasteiger partial charge in [0.2, 0.25) is 5.91 Å². The van der Waals surface area contributed by atoms with Crippen LogP contribution in [0.1, 0.15) is 37.0 Å². The molecule has 0 unspecified atom stereocenters. The molecule has 23 heavy (non-hydrogen) atoms. The van der Waals surface area contributed by atoms with Crippen molar-refractivity contribution in [3.63, 3.8) is 0 Å². The van der Waals surface area contributed by atoms with Crippen molar-refractivity contribution >= 4 is 29.3 Å². The lowest BCUT2D eigenvalue weighted by molar-refractivity contribution is -0.115. The van der Waals surface area contributed by atoms with Crippen molar-refractivity contribution in [2.75, 3.05) is 18.4 Å². The van der Waals surface area contributed by atoms with Crippen molar-refractivity contribution in [1.82, 2.24) is 4.90 Å². The number of nitrogens with zero attached hydrogens (tertiary/aromatic N) is 1. The maximum atomic E-state index is 12.9.